The number of allylic oxidation sites excluding steroid dienone is 1. The molecule has 1 heterocycles. The summed E-state index contributed by atoms with van der Waals surface area (Å²) in [5, 5.41) is 6.01. The highest BCUT2D eigenvalue weighted by Gasteiger charge is 2.15. The van der Waals surface area contributed by atoms with Gasteiger partial charge in [0.2, 0.25) is 5.91 Å². The summed E-state index contributed by atoms with van der Waals surface area (Å²) < 4.78 is 5.41. The number of carbonyl (C=O) groups is 1. The predicted molar refractivity (Wildman–Crippen MR) is 151 cm³/mol. The van der Waals surface area contributed by atoms with E-state index in [9.17, 15) is 4.79 Å². The number of benzene rings is 3. The van der Waals surface area contributed by atoms with Crippen molar-refractivity contribution in [3.05, 3.63) is 108 Å². The number of hydrogen-bond donors (Lipinski definition) is 4. The van der Waals surface area contributed by atoms with Crippen LogP contribution in [0.2, 0.25) is 0 Å². The van der Waals surface area contributed by atoms with Crippen LogP contribution in [0.1, 0.15) is 17.2 Å². The normalized spacial score (nSPS) is 14.8. The maximum atomic E-state index is 12.4. The molecule has 0 bridgehead atoms. The third-order valence-electron chi connectivity index (χ3n) is 5.94. The van der Waals surface area contributed by atoms with Crippen molar-refractivity contribution < 1.29 is 9.53 Å². The van der Waals surface area contributed by atoms with Crippen LogP contribution in [-0.2, 0) is 9.53 Å². The Balaban J connectivity index is 1.27. The van der Waals surface area contributed by atoms with E-state index in [1.54, 1.807) is 24.4 Å². The molecule has 0 spiro atoms. The second-order valence-electron chi connectivity index (χ2n) is 8.57. The second-order valence-corrected chi connectivity index (χ2v) is 8.57. The van der Waals surface area contributed by atoms with Crippen molar-refractivity contribution in [2.75, 3.05) is 41.8 Å². The van der Waals surface area contributed by atoms with Gasteiger partial charge in [0.05, 0.1) is 13.2 Å². The summed E-state index contributed by atoms with van der Waals surface area (Å²) in [4.78, 5) is 19.1. The first kappa shape index (κ1) is 25.7. The van der Waals surface area contributed by atoms with Crippen LogP contribution in [-0.4, -0.2) is 38.4 Å². The van der Waals surface area contributed by atoms with Crippen LogP contribution in [0.4, 0.5) is 17.1 Å². The number of hydrogen-bond acceptors (Lipinski definition) is 7. The Morgan fingerprint density at radius 1 is 0.946 bits per heavy atom. The molecule has 0 aromatic heterocycles. The molecule has 8 heteroatoms. The summed E-state index contributed by atoms with van der Waals surface area (Å²) in [6.45, 7) is 7.26. The lowest BCUT2D eigenvalue weighted by Gasteiger charge is -2.28. The Kier molecular flexibility index (Phi) is 8.70. The SMILES string of the molecule is C=C(/N=C\C=C(/N)c1ccc(NC(=O)[C@H](N)c2ccccc2)cc1)Nc1ccc(N2CCOCC2)cc1. The summed E-state index contributed by atoms with van der Waals surface area (Å²) in [5.74, 6) is 0.215. The van der Waals surface area contributed by atoms with E-state index in [0.29, 0.717) is 17.2 Å². The van der Waals surface area contributed by atoms with Crippen molar-refractivity contribution in [2.45, 2.75) is 6.04 Å². The quantitative estimate of drug-likeness (QED) is 0.331. The fraction of sp³-hybridized carbons (Fsp3) is 0.172. The number of nitrogens with one attached hydrogen (secondary N) is 2. The van der Waals surface area contributed by atoms with Crippen LogP contribution in [0.25, 0.3) is 5.70 Å². The molecule has 0 saturated carbocycles. The average Bonchev–Trinajstić information content (AvgIpc) is 2.94. The van der Waals surface area contributed by atoms with Gasteiger partial charge in [-0.05, 0) is 53.6 Å². The van der Waals surface area contributed by atoms with Crippen molar-refractivity contribution in [2.24, 2.45) is 16.5 Å². The van der Waals surface area contributed by atoms with Crippen molar-refractivity contribution in [3.8, 4) is 0 Å². The van der Waals surface area contributed by atoms with Crippen LogP contribution < -0.4 is 27.0 Å². The Bertz CT molecular complexity index is 1250. The molecule has 3 aromatic rings. The zero-order valence-electron chi connectivity index (χ0n) is 20.6. The van der Waals surface area contributed by atoms with E-state index < -0.39 is 6.04 Å². The molecule has 1 aliphatic heterocycles. The summed E-state index contributed by atoms with van der Waals surface area (Å²) in [6.07, 6.45) is 3.30. The molecule has 8 nitrogen and oxygen atoms in total. The van der Waals surface area contributed by atoms with Gasteiger partial charge in [-0.2, -0.15) is 0 Å². The molecule has 1 saturated heterocycles. The minimum atomic E-state index is -0.744. The average molecular weight is 497 g/mol. The number of morpholine rings is 1. The highest BCUT2D eigenvalue weighted by Crippen LogP contribution is 2.20. The van der Waals surface area contributed by atoms with Crippen molar-refractivity contribution in [1.29, 1.82) is 0 Å². The van der Waals surface area contributed by atoms with E-state index in [4.69, 9.17) is 16.2 Å². The lowest BCUT2D eigenvalue weighted by molar-refractivity contribution is -0.117. The molecule has 37 heavy (non-hydrogen) atoms. The number of ether oxygens (including phenoxy) is 1. The van der Waals surface area contributed by atoms with Crippen LogP contribution in [0.15, 0.2) is 102 Å². The molecule has 1 fully saturated rings. The first-order chi connectivity index (χ1) is 18.0. The molecular weight excluding hydrogens is 464 g/mol. The molecule has 1 aliphatic rings. The van der Waals surface area contributed by atoms with Crippen molar-refractivity contribution in [3.63, 3.8) is 0 Å². The summed E-state index contributed by atoms with van der Waals surface area (Å²) in [7, 11) is 0. The summed E-state index contributed by atoms with van der Waals surface area (Å²) >= 11 is 0. The molecule has 1 amide bonds. The standard InChI is InChI=1S/C29H32N6O2/c1-21(33-24-11-13-26(14-12-24)35-17-19-37-20-18-35)32-16-15-27(30)22-7-9-25(10-8-22)34-29(36)28(31)23-5-3-2-4-6-23/h2-16,28,33H,1,17-20,30-31H2,(H,34,36)/b27-15-,32-16-/t28-/m1/s1. The lowest BCUT2D eigenvalue weighted by Crippen LogP contribution is -2.36. The summed E-state index contributed by atoms with van der Waals surface area (Å²) in [5.41, 5.74) is 17.0. The molecule has 6 N–H and O–H groups in total. The number of rotatable bonds is 9. The van der Waals surface area contributed by atoms with Gasteiger partial charge < -0.3 is 31.7 Å². The van der Waals surface area contributed by atoms with Crippen LogP contribution >= 0.6 is 0 Å². The third-order valence-corrected chi connectivity index (χ3v) is 5.94. The molecular formula is C29H32N6O2. The van der Waals surface area contributed by atoms with E-state index in [2.05, 4.69) is 39.2 Å². The van der Waals surface area contributed by atoms with Gasteiger partial charge in [0.1, 0.15) is 11.9 Å². The molecule has 1 atom stereocenters. The van der Waals surface area contributed by atoms with Gasteiger partial charge in [-0.15, -0.1) is 0 Å². The van der Waals surface area contributed by atoms with E-state index in [1.807, 2.05) is 54.6 Å². The second kappa shape index (κ2) is 12.5. The van der Waals surface area contributed by atoms with Gasteiger partial charge in [-0.3, -0.25) is 4.79 Å². The third kappa shape index (κ3) is 7.30. The first-order valence-electron chi connectivity index (χ1n) is 12.1. The Hall–Kier alpha value is -4.40. The first-order valence-corrected chi connectivity index (χ1v) is 12.1. The number of nitrogens with two attached hydrogens (primary N) is 2. The fourth-order valence-corrected chi connectivity index (χ4v) is 3.86. The van der Waals surface area contributed by atoms with Gasteiger partial charge in [0, 0.05) is 42.1 Å². The number of amides is 1. The topological polar surface area (TPSA) is 118 Å². The number of aliphatic imine (C=N–C) groups is 1. The number of nitrogens with zero attached hydrogens (tertiary/aromatic N) is 2. The van der Waals surface area contributed by atoms with E-state index >= 15 is 0 Å². The van der Waals surface area contributed by atoms with Crippen LogP contribution in [0, 0.1) is 0 Å². The minimum Gasteiger partial charge on any atom is -0.398 e. The van der Waals surface area contributed by atoms with Gasteiger partial charge in [0.15, 0.2) is 0 Å². The molecule has 190 valence electrons. The van der Waals surface area contributed by atoms with Crippen molar-refractivity contribution >= 4 is 34.9 Å². The van der Waals surface area contributed by atoms with E-state index in [-0.39, 0.29) is 5.91 Å². The molecule has 4 rings (SSSR count). The van der Waals surface area contributed by atoms with Gasteiger partial charge in [-0.25, -0.2) is 4.99 Å². The van der Waals surface area contributed by atoms with Gasteiger partial charge in [-0.1, -0.05) is 49.0 Å². The highest BCUT2D eigenvalue weighted by molar-refractivity contribution is 5.95. The van der Waals surface area contributed by atoms with E-state index in [0.717, 1.165) is 43.1 Å². The van der Waals surface area contributed by atoms with E-state index in [1.165, 1.54) is 5.69 Å². The van der Waals surface area contributed by atoms with Crippen LogP contribution in [0.3, 0.4) is 0 Å². The minimum absolute atomic E-state index is 0.281. The zero-order valence-corrected chi connectivity index (χ0v) is 20.6. The molecule has 0 aliphatic carbocycles. The molecule has 0 unspecified atom stereocenters. The monoisotopic (exact) mass is 496 g/mol. The zero-order chi connectivity index (χ0) is 26.0. The Morgan fingerprint density at radius 3 is 2.24 bits per heavy atom. The maximum Gasteiger partial charge on any atom is 0.245 e. The molecule has 3 aromatic carbocycles. The fourth-order valence-electron chi connectivity index (χ4n) is 3.86. The molecule has 0 radical (unpaired) electrons. The largest absolute Gasteiger partial charge is 0.398 e. The van der Waals surface area contributed by atoms with Gasteiger partial charge >= 0.3 is 0 Å². The predicted octanol–water partition coefficient (Wildman–Crippen LogP) is 4.12. The van der Waals surface area contributed by atoms with Crippen molar-refractivity contribution in [1.82, 2.24) is 0 Å². The van der Waals surface area contributed by atoms with Gasteiger partial charge in [0.25, 0.3) is 0 Å². The smallest absolute Gasteiger partial charge is 0.245 e. The highest BCUT2D eigenvalue weighted by atomic mass is 16.5. The maximum absolute atomic E-state index is 12.4. The summed E-state index contributed by atoms with van der Waals surface area (Å²) in [6, 6.07) is 23.9. The van der Waals surface area contributed by atoms with Crippen LogP contribution in [0.5, 0.6) is 0 Å². The number of carbonyl (C=O) groups excluding carboxylic acids is 1. The number of anilines is 3. The lowest BCUT2D eigenvalue weighted by atomic mass is 10.1. The Labute approximate surface area is 217 Å². The Morgan fingerprint density at radius 2 is 1.57 bits per heavy atom.